The molecule has 1 rings (SSSR count). The van der Waals surface area contributed by atoms with E-state index in [1.807, 2.05) is 0 Å². The number of aliphatic hydroxyl groups excluding tert-OH is 1. The molecule has 1 aromatic carbocycles. The molecule has 1 aromatic rings. The molecular formula is C12H17FO2S. The van der Waals surface area contributed by atoms with E-state index in [-0.39, 0.29) is 5.82 Å². The Balaban J connectivity index is 2.64. The molecule has 0 spiro atoms. The largest absolute Gasteiger partial charge is 0.389 e. The van der Waals surface area contributed by atoms with Crippen molar-refractivity contribution in [3.05, 3.63) is 29.6 Å². The third-order valence-electron chi connectivity index (χ3n) is 2.17. The van der Waals surface area contributed by atoms with E-state index in [0.717, 1.165) is 23.7 Å². The van der Waals surface area contributed by atoms with E-state index >= 15 is 0 Å². The van der Waals surface area contributed by atoms with Gasteiger partial charge in [-0.3, -0.25) is 0 Å². The summed E-state index contributed by atoms with van der Waals surface area (Å²) in [7, 11) is 1.67. The molecule has 0 aromatic heterocycles. The summed E-state index contributed by atoms with van der Waals surface area (Å²) in [5.41, 5.74) is 0.655. The zero-order valence-electron chi connectivity index (χ0n) is 9.57. The molecule has 0 heterocycles. The average Bonchev–Trinajstić information content (AvgIpc) is 2.26. The van der Waals surface area contributed by atoms with Crippen molar-refractivity contribution < 1.29 is 14.2 Å². The lowest BCUT2D eigenvalue weighted by atomic mass is 10.1. The quantitative estimate of drug-likeness (QED) is 0.616. The fourth-order valence-electron chi connectivity index (χ4n) is 1.36. The first-order valence-electron chi connectivity index (χ1n) is 5.24. The molecule has 0 saturated carbocycles. The van der Waals surface area contributed by atoms with Gasteiger partial charge in [0, 0.05) is 24.4 Å². The molecule has 1 N–H and O–H groups in total. The van der Waals surface area contributed by atoms with Crippen LogP contribution in [-0.4, -0.2) is 24.6 Å². The molecule has 0 radical (unpaired) electrons. The van der Waals surface area contributed by atoms with Gasteiger partial charge in [0.1, 0.15) is 5.82 Å². The van der Waals surface area contributed by atoms with Crippen LogP contribution in [0.3, 0.4) is 0 Å². The van der Waals surface area contributed by atoms with E-state index in [9.17, 15) is 9.50 Å². The second-order valence-electron chi connectivity index (χ2n) is 3.55. The smallest absolute Gasteiger partial charge is 0.123 e. The maximum atomic E-state index is 13.0. The highest BCUT2D eigenvalue weighted by Crippen LogP contribution is 2.28. The van der Waals surface area contributed by atoms with Crippen molar-refractivity contribution in [1.82, 2.24) is 0 Å². The Morgan fingerprint density at radius 1 is 1.50 bits per heavy atom. The number of ether oxygens (including phenoxy) is 1. The van der Waals surface area contributed by atoms with Gasteiger partial charge in [-0.25, -0.2) is 4.39 Å². The van der Waals surface area contributed by atoms with Gasteiger partial charge in [0.15, 0.2) is 0 Å². The molecule has 16 heavy (non-hydrogen) atoms. The molecule has 0 fully saturated rings. The van der Waals surface area contributed by atoms with Crippen molar-refractivity contribution in [1.29, 1.82) is 0 Å². The van der Waals surface area contributed by atoms with Gasteiger partial charge < -0.3 is 9.84 Å². The Labute approximate surface area is 99.8 Å². The molecule has 0 aliphatic heterocycles. The van der Waals surface area contributed by atoms with Crippen LogP contribution >= 0.6 is 11.8 Å². The number of halogens is 1. The molecule has 0 aliphatic rings. The molecular weight excluding hydrogens is 227 g/mol. The lowest BCUT2D eigenvalue weighted by molar-refractivity contribution is 0.195. The van der Waals surface area contributed by atoms with Crippen molar-refractivity contribution in [2.24, 2.45) is 0 Å². The monoisotopic (exact) mass is 244 g/mol. The van der Waals surface area contributed by atoms with Crippen LogP contribution in [0.1, 0.15) is 25.0 Å². The van der Waals surface area contributed by atoms with Gasteiger partial charge in [-0.1, -0.05) is 0 Å². The molecule has 0 saturated heterocycles. The third-order valence-corrected chi connectivity index (χ3v) is 3.35. The van der Waals surface area contributed by atoms with Crippen molar-refractivity contribution >= 4 is 11.8 Å². The fourth-order valence-corrected chi connectivity index (χ4v) is 2.41. The molecule has 1 atom stereocenters. The Bertz CT molecular complexity index is 329. The number of hydrogen-bond acceptors (Lipinski definition) is 3. The number of rotatable bonds is 6. The summed E-state index contributed by atoms with van der Waals surface area (Å²) in [5.74, 6) is 0.594. The second kappa shape index (κ2) is 6.89. The van der Waals surface area contributed by atoms with E-state index in [1.54, 1.807) is 31.9 Å². The number of thioether (sulfide) groups is 1. The zero-order valence-corrected chi connectivity index (χ0v) is 10.4. The van der Waals surface area contributed by atoms with E-state index < -0.39 is 6.10 Å². The molecule has 2 nitrogen and oxygen atoms in total. The molecule has 0 bridgehead atoms. The van der Waals surface area contributed by atoms with Crippen LogP contribution in [0, 0.1) is 5.82 Å². The molecule has 0 aliphatic carbocycles. The van der Waals surface area contributed by atoms with E-state index in [1.165, 1.54) is 12.1 Å². The van der Waals surface area contributed by atoms with E-state index in [2.05, 4.69) is 0 Å². The highest BCUT2D eigenvalue weighted by atomic mass is 32.2. The topological polar surface area (TPSA) is 29.5 Å². The maximum Gasteiger partial charge on any atom is 0.123 e. The Hall–Kier alpha value is -0.580. The summed E-state index contributed by atoms with van der Waals surface area (Å²) in [6, 6.07) is 4.53. The standard InChI is InChI=1S/C12H17FO2S/c1-9(14)11-8-10(13)4-5-12(11)16-7-3-6-15-2/h4-5,8-9,14H,3,6-7H2,1-2H3. The molecule has 90 valence electrons. The van der Waals surface area contributed by atoms with Crippen LogP contribution in [0.5, 0.6) is 0 Å². The summed E-state index contributed by atoms with van der Waals surface area (Å²) in [6.45, 7) is 2.37. The lowest BCUT2D eigenvalue weighted by Crippen LogP contribution is -1.97. The minimum absolute atomic E-state index is 0.308. The highest BCUT2D eigenvalue weighted by Gasteiger charge is 2.09. The van der Waals surface area contributed by atoms with E-state index in [0.29, 0.717) is 5.56 Å². The Morgan fingerprint density at radius 3 is 2.88 bits per heavy atom. The fraction of sp³-hybridized carbons (Fsp3) is 0.500. The number of methoxy groups -OCH3 is 1. The summed E-state index contributed by atoms with van der Waals surface area (Å²) in [4.78, 5) is 0.938. The Morgan fingerprint density at radius 2 is 2.25 bits per heavy atom. The van der Waals surface area contributed by atoms with Gasteiger partial charge in [-0.05, 0) is 37.1 Å². The summed E-state index contributed by atoms with van der Waals surface area (Å²) in [5, 5.41) is 9.53. The van der Waals surface area contributed by atoms with Crippen molar-refractivity contribution in [2.75, 3.05) is 19.5 Å². The van der Waals surface area contributed by atoms with Crippen LogP contribution in [0.2, 0.25) is 0 Å². The normalized spacial score (nSPS) is 12.8. The van der Waals surface area contributed by atoms with Gasteiger partial charge in [0.25, 0.3) is 0 Å². The van der Waals surface area contributed by atoms with Gasteiger partial charge in [-0.2, -0.15) is 0 Å². The average molecular weight is 244 g/mol. The SMILES string of the molecule is COCCCSc1ccc(F)cc1C(C)O. The van der Waals surface area contributed by atoms with Gasteiger partial charge >= 0.3 is 0 Å². The van der Waals surface area contributed by atoms with Crippen LogP contribution < -0.4 is 0 Å². The number of hydrogen-bond donors (Lipinski definition) is 1. The van der Waals surface area contributed by atoms with Crippen molar-refractivity contribution in [2.45, 2.75) is 24.3 Å². The first-order chi connectivity index (χ1) is 7.65. The van der Waals surface area contributed by atoms with Gasteiger partial charge in [0.2, 0.25) is 0 Å². The zero-order chi connectivity index (χ0) is 12.0. The highest BCUT2D eigenvalue weighted by molar-refractivity contribution is 7.99. The lowest BCUT2D eigenvalue weighted by Gasteiger charge is -2.11. The predicted molar refractivity (Wildman–Crippen MR) is 64.3 cm³/mol. The van der Waals surface area contributed by atoms with Crippen LogP contribution in [-0.2, 0) is 4.74 Å². The summed E-state index contributed by atoms with van der Waals surface area (Å²) in [6.07, 6.45) is 0.304. The third kappa shape index (κ3) is 4.12. The van der Waals surface area contributed by atoms with Gasteiger partial charge in [-0.15, -0.1) is 11.8 Å². The van der Waals surface area contributed by atoms with Crippen molar-refractivity contribution in [3.63, 3.8) is 0 Å². The minimum atomic E-state index is -0.638. The number of aliphatic hydroxyl groups is 1. The summed E-state index contributed by atoms with van der Waals surface area (Å²) < 4.78 is 18.0. The Kier molecular flexibility index (Phi) is 5.80. The minimum Gasteiger partial charge on any atom is -0.389 e. The molecule has 4 heteroatoms. The second-order valence-corrected chi connectivity index (χ2v) is 4.69. The van der Waals surface area contributed by atoms with Gasteiger partial charge in [0.05, 0.1) is 6.10 Å². The van der Waals surface area contributed by atoms with Crippen LogP contribution in [0.25, 0.3) is 0 Å². The predicted octanol–water partition coefficient (Wildman–Crippen LogP) is 3.01. The first kappa shape index (κ1) is 13.5. The van der Waals surface area contributed by atoms with Crippen LogP contribution in [0.15, 0.2) is 23.1 Å². The number of benzene rings is 1. The van der Waals surface area contributed by atoms with Crippen LogP contribution in [0.4, 0.5) is 4.39 Å². The molecule has 1 unspecified atom stereocenters. The summed E-state index contributed by atoms with van der Waals surface area (Å²) >= 11 is 1.62. The van der Waals surface area contributed by atoms with Crippen molar-refractivity contribution in [3.8, 4) is 0 Å². The van der Waals surface area contributed by atoms with E-state index in [4.69, 9.17) is 4.74 Å². The first-order valence-corrected chi connectivity index (χ1v) is 6.23. The molecule has 0 amide bonds. The maximum absolute atomic E-state index is 13.0.